The van der Waals surface area contributed by atoms with Crippen LogP contribution in [0.4, 0.5) is 11.5 Å². The summed E-state index contributed by atoms with van der Waals surface area (Å²) in [7, 11) is -1.96. The molecule has 2 aromatic heterocycles. The summed E-state index contributed by atoms with van der Waals surface area (Å²) < 4.78 is 33.7. The van der Waals surface area contributed by atoms with Gasteiger partial charge in [-0.2, -0.15) is 5.10 Å². The molecule has 1 aliphatic heterocycles. The van der Waals surface area contributed by atoms with Crippen LogP contribution in [0.1, 0.15) is 31.2 Å². The van der Waals surface area contributed by atoms with Crippen LogP contribution in [-0.4, -0.2) is 54.0 Å². The Hall–Kier alpha value is -2.98. The highest BCUT2D eigenvalue weighted by molar-refractivity contribution is 7.92. The Kier molecular flexibility index (Phi) is 5.17. The molecule has 0 radical (unpaired) electrons. The summed E-state index contributed by atoms with van der Waals surface area (Å²) in [6.07, 6.45) is 2.61. The van der Waals surface area contributed by atoms with E-state index in [2.05, 4.69) is 16.9 Å². The van der Waals surface area contributed by atoms with Gasteiger partial charge in [0.25, 0.3) is 0 Å². The number of anilines is 2. The van der Waals surface area contributed by atoms with E-state index in [0.29, 0.717) is 61.3 Å². The third-order valence-corrected chi connectivity index (χ3v) is 9.11. The van der Waals surface area contributed by atoms with Crippen molar-refractivity contribution in [3.8, 4) is 11.4 Å². The van der Waals surface area contributed by atoms with Gasteiger partial charge in [-0.1, -0.05) is 0 Å². The zero-order valence-corrected chi connectivity index (χ0v) is 19.8. The van der Waals surface area contributed by atoms with Crippen molar-refractivity contribution in [2.24, 2.45) is 7.05 Å². The van der Waals surface area contributed by atoms with Crippen molar-refractivity contribution in [3.05, 3.63) is 47.9 Å². The van der Waals surface area contributed by atoms with E-state index < -0.39 is 14.6 Å². The van der Waals surface area contributed by atoms with Gasteiger partial charge >= 0.3 is 0 Å². The second-order valence-corrected chi connectivity index (χ2v) is 11.2. The fourth-order valence-corrected chi connectivity index (χ4v) is 6.63. The van der Waals surface area contributed by atoms with Crippen LogP contribution in [0.3, 0.4) is 0 Å². The van der Waals surface area contributed by atoms with Crippen LogP contribution in [0.2, 0.25) is 0 Å². The molecule has 1 saturated carbocycles. The fourth-order valence-electron chi connectivity index (χ4n) is 4.47. The molecule has 2 N–H and O–H groups in total. The second-order valence-electron chi connectivity index (χ2n) is 8.92. The maximum Gasteiger partial charge on any atom is 0.193 e. The lowest BCUT2D eigenvalue weighted by atomic mass is 10.1. The Labute approximate surface area is 193 Å². The van der Waals surface area contributed by atoms with Gasteiger partial charge in [0.2, 0.25) is 0 Å². The number of nitrogen functional groups attached to an aromatic ring is 1. The molecule has 1 aliphatic carbocycles. The van der Waals surface area contributed by atoms with E-state index in [9.17, 15) is 8.42 Å². The number of ether oxygens (including phenoxy) is 1. The summed E-state index contributed by atoms with van der Waals surface area (Å²) >= 11 is 0. The molecule has 33 heavy (non-hydrogen) atoms. The third kappa shape index (κ3) is 3.67. The first-order valence-electron chi connectivity index (χ1n) is 11.1. The molecule has 0 spiro atoms. The van der Waals surface area contributed by atoms with Crippen LogP contribution >= 0.6 is 0 Å². The standard InChI is InChI=1S/C23H28N6O3S/c1-15-14-32-11-10-29(15)21-12-20(25-22(26-21)17-4-6-18(24)7-5-17)23(8-9-23)33(30,31)19-13-28(3)27-16(19)2/h4-7,12-13,15H,8-11,14,24H2,1-3H3/t15-/m0/s1. The fraction of sp³-hybridized carbons (Fsp3) is 0.435. The van der Waals surface area contributed by atoms with Gasteiger partial charge in [0.1, 0.15) is 15.5 Å². The number of benzene rings is 1. The van der Waals surface area contributed by atoms with Gasteiger partial charge in [-0.15, -0.1) is 0 Å². The summed E-state index contributed by atoms with van der Waals surface area (Å²) in [5.41, 5.74) is 8.33. The average Bonchev–Trinajstić information content (AvgIpc) is 3.54. The van der Waals surface area contributed by atoms with Crippen molar-refractivity contribution < 1.29 is 13.2 Å². The number of nitrogens with two attached hydrogens (primary N) is 1. The van der Waals surface area contributed by atoms with E-state index >= 15 is 0 Å². The molecule has 174 valence electrons. The van der Waals surface area contributed by atoms with Crippen molar-refractivity contribution in [1.82, 2.24) is 19.7 Å². The number of hydrogen-bond acceptors (Lipinski definition) is 8. The zero-order valence-electron chi connectivity index (χ0n) is 19.0. The van der Waals surface area contributed by atoms with E-state index in [0.717, 1.165) is 5.56 Å². The van der Waals surface area contributed by atoms with E-state index in [4.69, 9.17) is 20.4 Å². The first-order valence-corrected chi connectivity index (χ1v) is 12.5. The molecule has 1 aromatic carbocycles. The minimum atomic E-state index is -3.69. The molecule has 0 amide bonds. The number of rotatable bonds is 5. The molecule has 2 aliphatic rings. The Morgan fingerprint density at radius 3 is 2.52 bits per heavy atom. The second kappa shape index (κ2) is 7.81. The highest BCUT2D eigenvalue weighted by Gasteiger charge is 2.58. The van der Waals surface area contributed by atoms with Gasteiger partial charge in [-0.25, -0.2) is 18.4 Å². The Morgan fingerprint density at radius 2 is 1.91 bits per heavy atom. The van der Waals surface area contributed by atoms with Crippen LogP contribution < -0.4 is 10.6 Å². The van der Waals surface area contributed by atoms with E-state index in [-0.39, 0.29) is 10.9 Å². The quantitative estimate of drug-likeness (QED) is 0.568. The van der Waals surface area contributed by atoms with Crippen molar-refractivity contribution in [2.45, 2.75) is 42.4 Å². The number of morpholine rings is 1. The Morgan fingerprint density at radius 1 is 1.18 bits per heavy atom. The largest absolute Gasteiger partial charge is 0.399 e. The van der Waals surface area contributed by atoms with Gasteiger partial charge < -0.3 is 15.4 Å². The first-order chi connectivity index (χ1) is 15.7. The van der Waals surface area contributed by atoms with Crippen LogP contribution in [0.25, 0.3) is 11.4 Å². The highest BCUT2D eigenvalue weighted by Crippen LogP contribution is 2.55. The normalized spacial score (nSPS) is 20.1. The summed E-state index contributed by atoms with van der Waals surface area (Å²) in [5, 5.41) is 4.26. The molecule has 3 heterocycles. The highest BCUT2D eigenvalue weighted by atomic mass is 32.2. The summed E-state index contributed by atoms with van der Waals surface area (Å²) in [6.45, 7) is 5.67. The van der Waals surface area contributed by atoms with Crippen molar-refractivity contribution in [1.29, 1.82) is 0 Å². The molecule has 2 fully saturated rings. The molecule has 10 heteroatoms. The summed E-state index contributed by atoms with van der Waals surface area (Å²) in [5.74, 6) is 1.21. The van der Waals surface area contributed by atoms with Crippen LogP contribution in [0, 0.1) is 6.92 Å². The molecular weight excluding hydrogens is 440 g/mol. The van der Waals surface area contributed by atoms with Gasteiger partial charge in [0, 0.05) is 37.1 Å². The van der Waals surface area contributed by atoms with Crippen molar-refractivity contribution in [2.75, 3.05) is 30.4 Å². The lowest BCUT2D eigenvalue weighted by Gasteiger charge is -2.34. The van der Waals surface area contributed by atoms with Gasteiger partial charge in [-0.3, -0.25) is 4.68 Å². The first kappa shape index (κ1) is 21.8. The molecule has 9 nitrogen and oxygen atoms in total. The topological polar surface area (TPSA) is 116 Å². The SMILES string of the molecule is Cc1nn(C)cc1S(=O)(=O)C1(c2cc(N3CCOC[C@@H]3C)nc(-c3ccc(N)cc3)n2)CC1. The number of sulfone groups is 1. The molecule has 0 unspecified atom stereocenters. The van der Waals surface area contributed by atoms with Gasteiger partial charge in [-0.05, 0) is 51.0 Å². The third-order valence-electron chi connectivity index (χ3n) is 6.49. The molecule has 0 bridgehead atoms. The number of aryl methyl sites for hydroxylation is 2. The molecule has 1 saturated heterocycles. The van der Waals surface area contributed by atoms with Crippen LogP contribution in [0.15, 0.2) is 41.4 Å². The smallest absolute Gasteiger partial charge is 0.193 e. The minimum absolute atomic E-state index is 0.119. The Balaban J connectivity index is 1.66. The van der Waals surface area contributed by atoms with Gasteiger partial charge in [0.15, 0.2) is 15.7 Å². The maximum atomic E-state index is 13.8. The lowest BCUT2D eigenvalue weighted by Crippen LogP contribution is -2.44. The van der Waals surface area contributed by atoms with E-state index in [1.54, 1.807) is 37.0 Å². The van der Waals surface area contributed by atoms with E-state index in [1.165, 1.54) is 0 Å². The van der Waals surface area contributed by atoms with Crippen LogP contribution in [0.5, 0.6) is 0 Å². The monoisotopic (exact) mass is 468 g/mol. The number of nitrogens with zero attached hydrogens (tertiary/aromatic N) is 5. The molecule has 1 atom stereocenters. The summed E-state index contributed by atoms with van der Waals surface area (Å²) in [6, 6.07) is 9.28. The van der Waals surface area contributed by atoms with Crippen molar-refractivity contribution in [3.63, 3.8) is 0 Å². The van der Waals surface area contributed by atoms with Crippen LogP contribution in [-0.2, 0) is 26.4 Å². The predicted molar refractivity (Wildman–Crippen MR) is 126 cm³/mol. The van der Waals surface area contributed by atoms with Crippen molar-refractivity contribution >= 4 is 21.3 Å². The zero-order chi connectivity index (χ0) is 23.4. The number of hydrogen-bond donors (Lipinski definition) is 1. The molecular formula is C23H28N6O3S. The summed E-state index contributed by atoms with van der Waals surface area (Å²) in [4.78, 5) is 12.1. The van der Waals surface area contributed by atoms with E-state index in [1.807, 2.05) is 18.2 Å². The predicted octanol–water partition coefficient (Wildman–Crippen LogP) is 2.46. The Bertz CT molecular complexity index is 1300. The van der Waals surface area contributed by atoms with Gasteiger partial charge in [0.05, 0.1) is 30.6 Å². The number of aromatic nitrogens is 4. The average molecular weight is 469 g/mol. The molecule has 3 aromatic rings. The lowest BCUT2D eigenvalue weighted by molar-refractivity contribution is 0.0985. The molecule has 5 rings (SSSR count). The maximum absolute atomic E-state index is 13.8. The minimum Gasteiger partial charge on any atom is -0.399 e.